The summed E-state index contributed by atoms with van der Waals surface area (Å²) in [7, 11) is 0. The molecular weight excluding hydrogens is 228 g/mol. The predicted molar refractivity (Wildman–Crippen MR) is 73.3 cm³/mol. The Morgan fingerprint density at radius 3 is 2.56 bits per heavy atom. The molecule has 0 radical (unpaired) electrons. The number of nitrogens with two attached hydrogens (primary N) is 1. The largest absolute Gasteiger partial charge is 0.381 e. The van der Waals surface area contributed by atoms with E-state index in [0.717, 1.165) is 58.3 Å². The molecule has 0 heterocycles. The third-order valence-corrected chi connectivity index (χ3v) is 3.55. The minimum Gasteiger partial charge on any atom is -0.381 e. The first-order valence-corrected chi connectivity index (χ1v) is 7.35. The van der Waals surface area contributed by atoms with Crippen molar-refractivity contribution >= 4 is 5.91 Å². The minimum atomic E-state index is 0.186. The fourth-order valence-corrected chi connectivity index (χ4v) is 2.26. The van der Waals surface area contributed by atoms with Gasteiger partial charge in [0, 0.05) is 31.7 Å². The summed E-state index contributed by atoms with van der Waals surface area (Å²) in [6, 6.07) is 0.306. The summed E-state index contributed by atoms with van der Waals surface area (Å²) in [4.78, 5) is 11.8. The fourth-order valence-electron chi connectivity index (χ4n) is 2.26. The molecule has 1 aliphatic carbocycles. The topological polar surface area (TPSA) is 64.3 Å². The number of rotatable bonds is 8. The number of ether oxygens (including phenoxy) is 1. The molecule has 0 aliphatic heterocycles. The molecule has 4 nitrogen and oxygen atoms in total. The van der Waals surface area contributed by atoms with Crippen LogP contribution in [0, 0.1) is 5.92 Å². The monoisotopic (exact) mass is 256 g/mol. The van der Waals surface area contributed by atoms with Crippen LogP contribution < -0.4 is 11.1 Å². The Kier molecular flexibility index (Phi) is 8.01. The fraction of sp³-hybridized carbons (Fsp3) is 0.929. The summed E-state index contributed by atoms with van der Waals surface area (Å²) in [6.45, 7) is 4.47. The lowest BCUT2D eigenvalue weighted by Crippen LogP contribution is -2.36. The lowest BCUT2D eigenvalue weighted by atomic mass is 9.86. The van der Waals surface area contributed by atoms with Crippen molar-refractivity contribution in [2.45, 2.75) is 57.9 Å². The molecule has 0 bridgehead atoms. The predicted octanol–water partition coefficient (Wildman–Crippen LogP) is 1.83. The van der Waals surface area contributed by atoms with Crippen molar-refractivity contribution in [2.75, 3.05) is 19.8 Å². The van der Waals surface area contributed by atoms with E-state index in [0.29, 0.717) is 6.04 Å². The molecule has 1 fully saturated rings. The van der Waals surface area contributed by atoms with Crippen LogP contribution in [-0.4, -0.2) is 31.7 Å². The number of unbranched alkanes of at least 4 members (excludes halogenated alkanes) is 1. The van der Waals surface area contributed by atoms with E-state index in [4.69, 9.17) is 10.5 Å². The molecule has 0 spiro atoms. The molecule has 0 atom stereocenters. The van der Waals surface area contributed by atoms with Gasteiger partial charge in [-0.15, -0.1) is 0 Å². The van der Waals surface area contributed by atoms with Crippen molar-refractivity contribution in [1.82, 2.24) is 5.32 Å². The average Bonchev–Trinajstić information content (AvgIpc) is 2.38. The van der Waals surface area contributed by atoms with Gasteiger partial charge in [0.25, 0.3) is 0 Å². The third-order valence-electron chi connectivity index (χ3n) is 3.55. The molecule has 0 aromatic rings. The molecule has 106 valence electrons. The molecule has 0 saturated heterocycles. The van der Waals surface area contributed by atoms with Crippen molar-refractivity contribution in [1.29, 1.82) is 0 Å². The van der Waals surface area contributed by atoms with Gasteiger partial charge >= 0.3 is 0 Å². The smallest absolute Gasteiger partial charge is 0.223 e. The van der Waals surface area contributed by atoms with Crippen molar-refractivity contribution in [3.8, 4) is 0 Å². The van der Waals surface area contributed by atoms with Crippen LogP contribution in [0.4, 0.5) is 0 Å². The van der Waals surface area contributed by atoms with E-state index in [1.54, 1.807) is 0 Å². The Hall–Kier alpha value is -0.610. The van der Waals surface area contributed by atoms with Gasteiger partial charge in [0.15, 0.2) is 0 Å². The molecule has 1 aliphatic rings. The van der Waals surface area contributed by atoms with Crippen molar-refractivity contribution in [2.24, 2.45) is 11.7 Å². The number of carbonyl (C=O) groups excluding carboxylic acids is 1. The molecule has 0 aromatic carbocycles. The molecule has 0 unspecified atom stereocenters. The molecule has 4 heteroatoms. The third kappa shape index (κ3) is 6.36. The summed E-state index contributed by atoms with van der Waals surface area (Å²) in [6.07, 6.45) is 7.05. The second-order valence-corrected chi connectivity index (χ2v) is 5.22. The Morgan fingerprint density at radius 2 is 1.89 bits per heavy atom. The van der Waals surface area contributed by atoms with E-state index in [2.05, 4.69) is 12.2 Å². The van der Waals surface area contributed by atoms with Crippen molar-refractivity contribution < 1.29 is 9.53 Å². The zero-order chi connectivity index (χ0) is 13.2. The van der Waals surface area contributed by atoms with E-state index < -0.39 is 0 Å². The van der Waals surface area contributed by atoms with Crippen LogP contribution in [0.1, 0.15) is 51.9 Å². The van der Waals surface area contributed by atoms with Crippen LogP contribution in [0.5, 0.6) is 0 Å². The first kappa shape index (κ1) is 15.4. The maximum atomic E-state index is 11.8. The normalized spacial score (nSPS) is 23.9. The second kappa shape index (κ2) is 9.34. The Balaban J connectivity index is 1.96. The highest BCUT2D eigenvalue weighted by atomic mass is 16.5. The average molecular weight is 256 g/mol. The number of carbonyl (C=O) groups is 1. The summed E-state index contributed by atoms with van der Waals surface area (Å²) < 4.78 is 5.45. The SMILES string of the molecule is CCCCOCCCNC(=O)C1CCC(N)CC1. The minimum absolute atomic E-state index is 0.186. The van der Waals surface area contributed by atoms with Crippen LogP contribution in [0.3, 0.4) is 0 Å². The Labute approximate surface area is 111 Å². The van der Waals surface area contributed by atoms with Crippen LogP contribution in [-0.2, 0) is 9.53 Å². The lowest BCUT2D eigenvalue weighted by Gasteiger charge is -2.25. The first-order valence-electron chi connectivity index (χ1n) is 7.35. The van der Waals surface area contributed by atoms with Gasteiger partial charge in [-0.2, -0.15) is 0 Å². The standard InChI is InChI=1S/C14H28N2O2/c1-2-3-10-18-11-4-9-16-14(17)12-5-7-13(15)8-6-12/h12-13H,2-11,15H2,1H3,(H,16,17). The highest BCUT2D eigenvalue weighted by molar-refractivity contribution is 5.78. The number of nitrogens with one attached hydrogen (secondary N) is 1. The van der Waals surface area contributed by atoms with E-state index in [1.807, 2.05) is 0 Å². The maximum Gasteiger partial charge on any atom is 0.223 e. The van der Waals surface area contributed by atoms with Crippen molar-refractivity contribution in [3.63, 3.8) is 0 Å². The molecule has 1 rings (SSSR count). The highest BCUT2D eigenvalue weighted by Crippen LogP contribution is 2.22. The molecule has 1 saturated carbocycles. The van der Waals surface area contributed by atoms with Gasteiger partial charge in [0.1, 0.15) is 0 Å². The molecule has 18 heavy (non-hydrogen) atoms. The maximum absolute atomic E-state index is 11.8. The Bertz CT molecular complexity index is 226. The molecule has 1 amide bonds. The molecular formula is C14H28N2O2. The van der Waals surface area contributed by atoms with Gasteiger partial charge < -0.3 is 15.8 Å². The van der Waals surface area contributed by atoms with Gasteiger partial charge in [-0.25, -0.2) is 0 Å². The number of amides is 1. The van der Waals surface area contributed by atoms with Gasteiger partial charge in [-0.3, -0.25) is 4.79 Å². The highest BCUT2D eigenvalue weighted by Gasteiger charge is 2.23. The van der Waals surface area contributed by atoms with Gasteiger partial charge in [-0.1, -0.05) is 13.3 Å². The van der Waals surface area contributed by atoms with Crippen LogP contribution in [0.25, 0.3) is 0 Å². The van der Waals surface area contributed by atoms with E-state index >= 15 is 0 Å². The zero-order valence-corrected chi connectivity index (χ0v) is 11.6. The van der Waals surface area contributed by atoms with Gasteiger partial charge in [0.2, 0.25) is 5.91 Å². The van der Waals surface area contributed by atoms with E-state index in [9.17, 15) is 4.79 Å². The van der Waals surface area contributed by atoms with Gasteiger partial charge in [-0.05, 0) is 38.5 Å². The van der Waals surface area contributed by atoms with Crippen LogP contribution in [0.2, 0.25) is 0 Å². The summed E-state index contributed by atoms with van der Waals surface area (Å²) in [5.41, 5.74) is 5.83. The number of hydrogen-bond acceptors (Lipinski definition) is 3. The Morgan fingerprint density at radius 1 is 1.22 bits per heavy atom. The quantitative estimate of drug-likeness (QED) is 0.651. The van der Waals surface area contributed by atoms with Crippen LogP contribution >= 0.6 is 0 Å². The van der Waals surface area contributed by atoms with E-state index in [-0.39, 0.29) is 11.8 Å². The van der Waals surface area contributed by atoms with Crippen molar-refractivity contribution in [3.05, 3.63) is 0 Å². The van der Waals surface area contributed by atoms with Gasteiger partial charge in [0.05, 0.1) is 0 Å². The summed E-state index contributed by atoms with van der Waals surface area (Å²) >= 11 is 0. The second-order valence-electron chi connectivity index (χ2n) is 5.22. The van der Waals surface area contributed by atoms with Crippen LogP contribution in [0.15, 0.2) is 0 Å². The summed E-state index contributed by atoms with van der Waals surface area (Å²) in [5.74, 6) is 0.390. The lowest BCUT2D eigenvalue weighted by molar-refractivity contribution is -0.126. The zero-order valence-electron chi connectivity index (χ0n) is 11.6. The first-order chi connectivity index (χ1) is 8.74. The molecule has 3 N–H and O–H groups in total. The van der Waals surface area contributed by atoms with E-state index in [1.165, 1.54) is 6.42 Å². The molecule has 0 aromatic heterocycles. The summed E-state index contributed by atoms with van der Waals surface area (Å²) in [5, 5.41) is 3.00. The number of hydrogen-bond donors (Lipinski definition) is 2.